The van der Waals surface area contributed by atoms with Gasteiger partial charge >= 0.3 is 0 Å². The summed E-state index contributed by atoms with van der Waals surface area (Å²) in [5.41, 5.74) is 0.851. The molecule has 7 heteroatoms. The summed E-state index contributed by atoms with van der Waals surface area (Å²) >= 11 is 6.11. The van der Waals surface area contributed by atoms with Gasteiger partial charge in [0.2, 0.25) is 5.91 Å². The van der Waals surface area contributed by atoms with Crippen molar-refractivity contribution in [1.29, 1.82) is 0 Å². The number of benzene rings is 1. The highest BCUT2D eigenvalue weighted by atomic mass is 35.5. The van der Waals surface area contributed by atoms with Crippen molar-refractivity contribution < 1.29 is 13.9 Å². The molecule has 0 atom stereocenters. The van der Waals surface area contributed by atoms with Gasteiger partial charge in [-0.3, -0.25) is 9.69 Å². The van der Waals surface area contributed by atoms with E-state index in [1.54, 1.807) is 13.2 Å². The number of ether oxygens (including phenoxy) is 1. The van der Waals surface area contributed by atoms with Crippen LogP contribution in [0.5, 0.6) is 0 Å². The van der Waals surface area contributed by atoms with Gasteiger partial charge in [-0.05, 0) is 17.7 Å². The molecule has 0 saturated carbocycles. The maximum atomic E-state index is 13.2. The van der Waals surface area contributed by atoms with Crippen LogP contribution in [-0.2, 0) is 16.1 Å². The van der Waals surface area contributed by atoms with Crippen LogP contribution in [0.2, 0.25) is 5.02 Å². The van der Waals surface area contributed by atoms with Crippen molar-refractivity contribution in [3.8, 4) is 0 Å². The topological polar surface area (TPSA) is 44.8 Å². The summed E-state index contributed by atoms with van der Waals surface area (Å²) in [5.74, 6) is -0.176. The molecular weight excluding hydrogens is 333 g/mol. The number of hydrogen-bond acceptors (Lipinski definition) is 4. The fraction of sp³-hybridized carbons (Fsp3) is 0.588. The maximum Gasteiger partial charge on any atom is 0.223 e. The molecule has 1 heterocycles. The first kappa shape index (κ1) is 19.1. The van der Waals surface area contributed by atoms with E-state index in [0.29, 0.717) is 37.7 Å². The van der Waals surface area contributed by atoms with Gasteiger partial charge in [-0.1, -0.05) is 17.7 Å². The van der Waals surface area contributed by atoms with Crippen molar-refractivity contribution in [2.24, 2.45) is 0 Å². The zero-order valence-electron chi connectivity index (χ0n) is 14.1. The molecule has 0 aromatic heterocycles. The number of halogens is 2. The molecule has 0 aliphatic carbocycles. The summed E-state index contributed by atoms with van der Waals surface area (Å²) in [4.78, 5) is 16.3. The summed E-state index contributed by atoms with van der Waals surface area (Å²) in [6, 6.07) is 4.41. The smallest absolute Gasteiger partial charge is 0.223 e. The SMILES string of the molecule is COCCN(CCC(=O)N1CCNCC1)Cc1ccc(F)cc1Cl. The number of hydrogen-bond donors (Lipinski definition) is 1. The highest BCUT2D eigenvalue weighted by Gasteiger charge is 2.17. The van der Waals surface area contributed by atoms with Gasteiger partial charge in [0.15, 0.2) is 0 Å². The highest BCUT2D eigenvalue weighted by molar-refractivity contribution is 6.31. The fourth-order valence-electron chi connectivity index (χ4n) is 2.71. The van der Waals surface area contributed by atoms with Crippen molar-refractivity contribution in [1.82, 2.24) is 15.1 Å². The van der Waals surface area contributed by atoms with E-state index in [2.05, 4.69) is 10.2 Å². The van der Waals surface area contributed by atoms with Crippen molar-refractivity contribution in [3.63, 3.8) is 0 Å². The summed E-state index contributed by atoms with van der Waals surface area (Å²) in [6.45, 7) is 5.69. The molecule has 5 nitrogen and oxygen atoms in total. The lowest BCUT2D eigenvalue weighted by molar-refractivity contribution is -0.132. The Balaban J connectivity index is 1.90. The molecule has 1 amide bonds. The lowest BCUT2D eigenvalue weighted by Crippen LogP contribution is -2.47. The number of nitrogens with zero attached hydrogens (tertiary/aromatic N) is 2. The average Bonchev–Trinajstić information content (AvgIpc) is 2.59. The first-order chi connectivity index (χ1) is 11.6. The molecule has 1 N–H and O–H groups in total. The van der Waals surface area contributed by atoms with Gasteiger partial charge in [0.05, 0.1) is 6.61 Å². The molecule has 134 valence electrons. The predicted molar refractivity (Wildman–Crippen MR) is 92.6 cm³/mol. The number of piperazine rings is 1. The van der Waals surface area contributed by atoms with E-state index in [4.69, 9.17) is 16.3 Å². The third-order valence-electron chi connectivity index (χ3n) is 4.13. The highest BCUT2D eigenvalue weighted by Crippen LogP contribution is 2.19. The molecule has 1 aliphatic rings. The molecule has 0 spiro atoms. The van der Waals surface area contributed by atoms with Crippen LogP contribution in [0.4, 0.5) is 4.39 Å². The van der Waals surface area contributed by atoms with Crippen molar-refractivity contribution >= 4 is 17.5 Å². The van der Waals surface area contributed by atoms with Gasteiger partial charge in [0.1, 0.15) is 5.82 Å². The number of amides is 1. The molecule has 0 radical (unpaired) electrons. The molecule has 24 heavy (non-hydrogen) atoms. The fourth-order valence-corrected chi connectivity index (χ4v) is 2.93. The van der Waals surface area contributed by atoms with Crippen molar-refractivity contribution in [2.45, 2.75) is 13.0 Å². The third kappa shape index (κ3) is 6.02. The average molecular weight is 358 g/mol. The Morgan fingerprint density at radius 1 is 1.38 bits per heavy atom. The normalized spacial score (nSPS) is 15.1. The first-order valence-corrected chi connectivity index (χ1v) is 8.61. The van der Waals surface area contributed by atoms with E-state index in [9.17, 15) is 9.18 Å². The minimum absolute atomic E-state index is 0.170. The number of carbonyl (C=O) groups is 1. The van der Waals surface area contributed by atoms with Gasteiger partial charge in [0, 0.05) is 64.4 Å². The second kappa shape index (κ2) is 9.93. The summed E-state index contributed by atoms with van der Waals surface area (Å²) < 4.78 is 18.3. The van der Waals surface area contributed by atoms with Crippen molar-refractivity contribution in [2.75, 3.05) is 53.0 Å². The lowest BCUT2D eigenvalue weighted by atomic mass is 10.2. The van der Waals surface area contributed by atoms with Crippen LogP contribution in [0.1, 0.15) is 12.0 Å². The molecule has 0 unspecified atom stereocenters. The van der Waals surface area contributed by atoms with Gasteiger partial charge in [-0.15, -0.1) is 0 Å². The molecular formula is C17H25ClFN3O2. The van der Waals surface area contributed by atoms with Crippen molar-refractivity contribution in [3.05, 3.63) is 34.6 Å². The summed E-state index contributed by atoms with van der Waals surface area (Å²) in [7, 11) is 1.65. The maximum absolute atomic E-state index is 13.2. The zero-order valence-corrected chi connectivity index (χ0v) is 14.8. The van der Waals surface area contributed by atoms with E-state index < -0.39 is 0 Å². The van der Waals surface area contributed by atoms with Gasteiger partial charge in [-0.25, -0.2) is 4.39 Å². The Kier molecular flexibility index (Phi) is 7.91. The third-order valence-corrected chi connectivity index (χ3v) is 4.48. The standard InChI is InChI=1S/C17H25ClFN3O2/c1-24-11-10-21(13-14-2-3-15(19)12-16(14)18)7-4-17(23)22-8-5-20-6-9-22/h2-3,12,20H,4-11,13H2,1H3. The van der Waals surface area contributed by atoms with Gasteiger partial charge in [-0.2, -0.15) is 0 Å². The Hall–Kier alpha value is -1.21. The van der Waals surface area contributed by atoms with Gasteiger partial charge < -0.3 is 15.0 Å². The Morgan fingerprint density at radius 2 is 2.12 bits per heavy atom. The largest absolute Gasteiger partial charge is 0.383 e. The first-order valence-electron chi connectivity index (χ1n) is 8.24. The number of rotatable bonds is 8. The monoisotopic (exact) mass is 357 g/mol. The van der Waals surface area contributed by atoms with E-state index in [1.165, 1.54) is 12.1 Å². The number of carbonyl (C=O) groups excluding carboxylic acids is 1. The zero-order chi connectivity index (χ0) is 17.4. The minimum Gasteiger partial charge on any atom is -0.383 e. The second-order valence-corrected chi connectivity index (χ2v) is 6.29. The molecule has 1 fully saturated rings. The van der Waals surface area contributed by atoms with E-state index in [1.807, 2.05) is 4.90 Å². The predicted octanol–water partition coefficient (Wildman–Crippen LogP) is 1.75. The second-order valence-electron chi connectivity index (χ2n) is 5.89. The lowest BCUT2D eigenvalue weighted by Gasteiger charge is -2.29. The molecule has 1 aromatic carbocycles. The molecule has 1 aromatic rings. The molecule has 2 rings (SSSR count). The van der Waals surface area contributed by atoms with Crippen LogP contribution >= 0.6 is 11.6 Å². The Bertz CT molecular complexity index is 539. The Labute approximate surface area is 147 Å². The summed E-state index contributed by atoms with van der Waals surface area (Å²) in [5, 5.41) is 3.65. The number of methoxy groups -OCH3 is 1. The van der Waals surface area contributed by atoms with Crippen LogP contribution in [0.15, 0.2) is 18.2 Å². The minimum atomic E-state index is -0.346. The molecule has 1 saturated heterocycles. The Morgan fingerprint density at radius 3 is 2.79 bits per heavy atom. The number of nitrogens with one attached hydrogen (secondary N) is 1. The van der Waals surface area contributed by atoms with Crippen LogP contribution in [0.3, 0.4) is 0 Å². The van der Waals surface area contributed by atoms with Crippen LogP contribution in [0.25, 0.3) is 0 Å². The molecule has 0 bridgehead atoms. The van der Waals surface area contributed by atoms with E-state index >= 15 is 0 Å². The van der Waals surface area contributed by atoms with Crippen LogP contribution < -0.4 is 5.32 Å². The van der Waals surface area contributed by atoms with E-state index in [0.717, 1.165) is 31.7 Å². The molecule has 1 aliphatic heterocycles. The van der Waals surface area contributed by atoms with Crippen LogP contribution in [0, 0.1) is 5.82 Å². The quantitative estimate of drug-likeness (QED) is 0.770. The van der Waals surface area contributed by atoms with Crippen LogP contribution in [-0.4, -0.2) is 68.7 Å². The van der Waals surface area contributed by atoms with E-state index in [-0.39, 0.29) is 11.7 Å². The van der Waals surface area contributed by atoms with Gasteiger partial charge in [0.25, 0.3) is 0 Å². The summed E-state index contributed by atoms with van der Waals surface area (Å²) in [6.07, 6.45) is 0.461.